The lowest BCUT2D eigenvalue weighted by atomic mass is 9.63. The molecule has 5 rings (SSSR count). The molecule has 1 aliphatic heterocycles. The Morgan fingerprint density at radius 1 is 0.885 bits per heavy atom. The minimum absolute atomic E-state index is 0.337. The molecule has 1 heteroatoms. The van der Waals surface area contributed by atoms with Gasteiger partial charge in [-0.2, -0.15) is 0 Å². The van der Waals surface area contributed by atoms with Crippen molar-refractivity contribution >= 4 is 0 Å². The number of hydrogen-bond donors (Lipinski definition) is 0. The normalized spacial score (nSPS) is 18.9. The van der Waals surface area contributed by atoms with E-state index >= 15 is 0 Å². The van der Waals surface area contributed by atoms with E-state index in [0.717, 1.165) is 29.9 Å². The second kappa shape index (κ2) is 5.47. The molecule has 0 bridgehead atoms. The first-order valence-corrected chi connectivity index (χ1v) is 9.09. The zero-order valence-electron chi connectivity index (χ0n) is 14.7. The molecule has 0 fully saturated rings. The van der Waals surface area contributed by atoms with Gasteiger partial charge in [0.25, 0.3) is 0 Å². The second-order valence-corrected chi connectivity index (χ2v) is 6.91. The fraction of sp³-hybridized carbons (Fsp3) is 0.120. The molecule has 1 spiro atoms. The van der Waals surface area contributed by atoms with Gasteiger partial charge in [0.05, 0.1) is 5.41 Å². The summed E-state index contributed by atoms with van der Waals surface area (Å²) in [7, 11) is 0. The van der Waals surface area contributed by atoms with Gasteiger partial charge in [-0.05, 0) is 52.8 Å². The maximum Gasteiger partial charge on any atom is 0.131 e. The number of benzene rings is 2. The SMILES string of the molecule is C=CC1=C(C=C)C2(C3=C(C=CCC3)O1)c1ccccc1-c1ccccc12. The van der Waals surface area contributed by atoms with E-state index < -0.39 is 0 Å². The third-order valence-electron chi connectivity index (χ3n) is 5.81. The molecule has 26 heavy (non-hydrogen) atoms. The van der Waals surface area contributed by atoms with Gasteiger partial charge in [0.15, 0.2) is 0 Å². The molecule has 2 aliphatic carbocycles. The summed E-state index contributed by atoms with van der Waals surface area (Å²) >= 11 is 0. The summed E-state index contributed by atoms with van der Waals surface area (Å²) in [6.45, 7) is 8.17. The second-order valence-electron chi connectivity index (χ2n) is 6.91. The third kappa shape index (κ3) is 1.70. The molecular weight excluding hydrogens is 316 g/mol. The maximum absolute atomic E-state index is 6.24. The number of rotatable bonds is 2. The van der Waals surface area contributed by atoms with Crippen LogP contribution < -0.4 is 0 Å². The van der Waals surface area contributed by atoms with Gasteiger partial charge in [0.1, 0.15) is 11.5 Å². The lowest BCUT2D eigenvalue weighted by molar-refractivity contribution is 0.297. The molecule has 2 aromatic rings. The Morgan fingerprint density at radius 3 is 2.15 bits per heavy atom. The van der Waals surface area contributed by atoms with Crippen LogP contribution in [0.25, 0.3) is 11.1 Å². The van der Waals surface area contributed by atoms with Crippen molar-refractivity contribution in [3.05, 3.63) is 120 Å². The smallest absolute Gasteiger partial charge is 0.131 e. The number of ether oxygens (including phenoxy) is 1. The van der Waals surface area contributed by atoms with Gasteiger partial charge in [-0.3, -0.25) is 0 Å². The molecular formula is C25H20O. The molecule has 0 radical (unpaired) electrons. The third-order valence-corrected chi connectivity index (χ3v) is 5.81. The number of fused-ring (bicyclic) bond motifs is 6. The minimum atomic E-state index is -0.337. The van der Waals surface area contributed by atoms with Gasteiger partial charge in [-0.15, -0.1) is 0 Å². The molecule has 2 aromatic carbocycles. The molecule has 0 aromatic heterocycles. The average Bonchev–Trinajstić information content (AvgIpc) is 3.00. The van der Waals surface area contributed by atoms with Gasteiger partial charge < -0.3 is 4.74 Å². The molecule has 0 unspecified atom stereocenters. The van der Waals surface area contributed by atoms with Crippen molar-refractivity contribution in [2.24, 2.45) is 0 Å². The van der Waals surface area contributed by atoms with Crippen molar-refractivity contribution in [1.82, 2.24) is 0 Å². The molecule has 0 saturated carbocycles. The summed E-state index contributed by atoms with van der Waals surface area (Å²) in [6, 6.07) is 17.5. The Labute approximate surface area is 154 Å². The molecule has 0 saturated heterocycles. The average molecular weight is 336 g/mol. The lowest BCUT2D eigenvalue weighted by Gasteiger charge is -2.42. The van der Waals surface area contributed by atoms with Gasteiger partial charge in [0, 0.05) is 5.57 Å². The number of hydrogen-bond acceptors (Lipinski definition) is 1. The summed E-state index contributed by atoms with van der Waals surface area (Å²) < 4.78 is 6.24. The van der Waals surface area contributed by atoms with Crippen LogP contribution in [0.15, 0.2) is 109 Å². The lowest BCUT2D eigenvalue weighted by Crippen LogP contribution is -2.35. The van der Waals surface area contributed by atoms with E-state index in [9.17, 15) is 0 Å². The maximum atomic E-state index is 6.24. The summed E-state index contributed by atoms with van der Waals surface area (Å²) in [5.74, 6) is 1.76. The molecule has 0 atom stereocenters. The fourth-order valence-electron chi connectivity index (χ4n) is 4.89. The molecule has 1 heterocycles. The highest BCUT2D eigenvalue weighted by Gasteiger charge is 2.51. The summed E-state index contributed by atoms with van der Waals surface area (Å²) in [4.78, 5) is 0. The Kier molecular flexibility index (Phi) is 3.20. The Hall–Kier alpha value is -3.06. The molecule has 126 valence electrons. The molecule has 0 N–H and O–H groups in total. The topological polar surface area (TPSA) is 9.23 Å². The van der Waals surface area contributed by atoms with Crippen molar-refractivity contribution in [1.29, 1.82) is 0 Å². The van der Waals surface area contributed by atoms with Crippen LogP contribution in [0.2, 0.25) is 0 Å². The van der Waals surface area contributed by atoms with Gasteiger partial charge in [0.2, 0.25) is 0 Å². The van der Waals surface area contributed by atoms with Crippen LogP contribution in [0, 0.1) is 0 Å². The first kappa shape index (κ1) is 15.2. The van der Waals surface area contributed by atoms with Crippen LogP contribution in [0.3, 0.4) is 0 Å². The first-order chi connectivity index (χ1) is 12.8. The van der Waals surface area contributed by atoms with Crippen molar-refractivity contribution < 1.29 is 4.74 Å². The van der Waals surface area contributed by atoms with Crippen LogP contribution in [0.5, 0.6) is 0 Å². The summed E-state index contributed by atoms with van der Waals surface area (Å²) in [5, 5.41) is 0. The van der Waals surface area contributed by atoms with E-state index in [4.69, 9.17) is 4.74 Å². The van der Waals surface area contributed by atoms with Crippen molar-refractivity contribution in [3.8, 4) is 11.1 Å². The molecule has 0 amide bonds. The van der Waals surface area contributed by atoms with Crippen molar-refractivity contribution in [2.75, 3.05) is 0 Å². The van der Waals surface area contributed by atoms with Crippen LogP contribution in [0.1, 0.15) is 24.0 Å². The van der Waals surface area contributed by atoms with Crippen LogP contribution >= 0.6 is 0 Å². The van der Waals surface area contributed by atoms with Crippen LogP contribution in [-0.2, 0) is 10.2 Å². The Balaban J connectivity index is 1.99. The zero-order valence-corrected chi connectivity index (χ0v) is 14.7. The Morgan fingerprint density at radius 2 is 1.54 bits per heavy atom. The van der Waals surface area contributed by atoms with Crippen LogP contribution in [0.4, 0.5) is 0 Å². The van der Waals surface area contributed by atoms with Crippen molar-refractivity contribution in [3.63, 3.8) is 0 Å². The van der Waals surface area contributed by atoms with E-state index in [-0.39, 0.29) is 5.41 Å². The quantitative estimate of drug-likeness (QED) is 0.633. The van der Waals surface area contributed by atoms with Crippen LogP contribution in [-0.4, -0.2) is 0 Å². The highest BCUT2D eigenvalue weighted by atomic mass is 16.5. The monoisotopic (exact) mass is 336 g/mol. The van der Waals surface area contributed by atoms with E-state index in [1.807, 2.05) is 12.2 Å². The van der Waals surface area contributed by atoms with E-state index in [0.29, 0.717) is 0 Å². The largest absolute Gasteiger partial charge is 0.457 e. The van der Waals surface area contributed by atoms with Crippen molar-refractivity contribution in [2.45, 2.75) is 18.3 Å². The highest BCUT2D eigenvalue weighted by molar-refractivity contribution is 5.87. The van der Waals surface area contributed by atoms with Gasteiger partial charge in [-0.25, -0.2) is 0 Å². The zero-order chi connectivity index (χ0) is 17.7. The predicted octanol–water partition coefficient (Wildman–Crippen LogP) is 6.21. The molecule has 1 nitrogen and oxygen atoms in total. The summed E-state index contributed by atoms with van der Waals surface area (Å²) in [6.07, 6.45) is 10.1. The Bertz CT molecular complexity index is 1000. The van der Waals surface area contributed by atoms with E-state index in [1.54, 1.807) is 0 Å². The first-order valence-electron chi connectivity index (χ1n) is 9.09. The van der Waals surface area contributed by atoms with E-state index in [1.165, 1.54) is 27.8 Å². The minimum Gasteiger partial charge on any atom is -0.457 e. The standard InChI is InChI=1S/C25H20O/c1-3-19-23(4-2)26-24-16-10-9-15-22(24)25(19)20-13-7-5-11-17(20)18-12-6-8-14-21(18)25/h3-8,10-14,16H,1-2,9,15H2. The van der Waals surface area contributed by atoms with Gasteiger partial charge in [-0.1, -0.05) is 73.8 Å². The summed E-state index contributed by atoms with van der Waals surface area (Å²) in [5.41, 5.74) is 7.33. The van der Waals surface area contributed by atoms with Gasteiger partial charge >= 0.3 is 0 Å². The molecule has 3 aliphatic rings. The number of allylic oxidation sites excluding steroid dienone is 6. The highest BCUT2D eigenvalue weighted by Crippen LogP contribution is 2.60. The predicted molar refractivity (Wildman–Crippen MR) is 107 cm³/mol. The van der Waals surface area contributed by atoms with E-state index in [2.05, 4.69) is 73.8 Å². The fourth-order valence-corrected chi connectivity index (χ4v) is 4.89.